The lowest BCUT2D eigenvalue weighted by Crippen LogP contribution is -2.39. The van der Waals surface area contributed by atoms with Crippen molar-refractivity contribution < 1.29 is 13.9 Å². The Balaban J connectivity index is 1.46. The molecule has 0 aliphatic carbocycles. The van der Waals surface area contributed by atoms with Gasteiger partial charge in [-0.1, -0.05) is 48.0 Å². The van der Waals surface area contributed by atoms with Gasteiger partial charge in [-0.2, -0.15) is 0 Å². The Labute approximate surface area is 251 Å². The van der Waals surface area contributed by atoms with E-state index in [1.165, 1.54) is 0 Å². The van der Waals surface area contributed by atoms with Crippen LogP contribution in [0.4, 0.5) is 4.39 Å². The molecule has 0 saturated carbocycles. The fourth-order valence-electron chi connectivity index (χ4n) is 5.31. The molecule has 1 N–H and O–H groups in total. The van der Waals surface area contributed by atoms with E-state index in [-0.39, 0.29) is 0 Å². The van der Waals surface area contributed by atoms with Gasteiger partial charge in [0, 0.05) is 42.9 Å². The van der Waals surface area contributed by atoms with E-state index >= 15 is 0 Å². The number of likely N-dealkylation sites (tertiary alicyclic amines) is 1. The second-order valence-corrected chi connectivity index (χ2v) is 11.2. The highest BCUT2D eigenvalue weighted by Crippen LogP contribution is 2.40. The van der Waals surface area contributed by atoms with Gasteiger partial charge in [0.25, 0.3) is 0 Å². The minimum Gasteiger partial charge on any atom is -0.480 e. The van der Waals surface area contributed by atoms with Crippen LogP contribution in [0.5, 0.6) is 11.8 Å². The van der Waals surface area contributed by atoms with Gasteiger partial charge in [0.15, 0.2) is 0 Å². The molecule has 10 heteroatoms. The number of benzene rings is 2. The number of hydrogen-bond acceptors (Lipinski definition) is 8. The molecule has 0 unspecified atom stereocenters. The van der Waals surface area contributed by atoms with Crippen LogP contribution in [0.15, 0.2) is 48.8 Å². The fourth-order valence-corrected chi connectivity index (χ4v) is 5.63. The lowest BCUT2D eigenvalue weighted by atomic mass is 9.93. The van der Waals surface area contributed by atoms with Gasteiger partial charge in [0.1, 0.15) is 17.1 Å². The first kappa shape index (κ1) is 29.8. The summed E-state index contributed by atoms with van der Waals surface area (Å²) in [7, 11) is 5.04. The number of nitrogens with one attached hydrogen (secondary N) is 1. The lowest BCUT2D eigenvalue weighted by Gasteiger charge is -2.33. The van der Waals surface area contributed by atoms with Crippen LogP contribution >= 0.6 is 11.6 Å². The Morgan fingerprint density at radius 3 is 2.07 bits per heavy atom. The summed E-state index contributed by atoms with van der Waals surface area (Å²) >= 11 is 7.06. The third-order valence-electron chi connectivity index (χ3n) is 7.80. The van der Waals surface area contributed by atoms with Crippen molar-refractivity contribution in [3.05, 3.63) is 70.8 Å². The summed E-state index contributed by atoms with van der Waals surface area (Å²) in [5.41, 5.74) is 6.23. The number of methoxy groups -OCH3 is 2. The second-order valence-electron chi connectivity index (χ2n) is 10.8. The fraction of sp³-hybridized carbons (Fsp3) is 0.375. The van der Waals surface area contributed by atoms with Gasteiger partial charge in [-0.3, -0.25) is 14.9 Å². The number of alkyl halides is 1. The molecule has 42 heavy (non-hydrogen) atoms. The van der Waals surface area contributed by atoms with Crippen LogP contribution in [-0.4, -0.2) is 64.9 Å². The number of piperidine rings is 1. The molecule has 220 valence electrons. The summed E-state index contributed by atoms with van der Waals surface area (Å²) < 4.78 is 25.4. The van der Waals surface area contributed by atoms with Crippen molar-refractivity contribution in [3.8, 4) is 45.4 Å². The molecule has 1 saturated heterocycles. The minimum atomic E-state index is -1.10. The highest BCUT2D eigenvalue weighted by molar-refractivity contribution is 6.36. The Morgan fingerprint density at radius 2 is 1.43 bits per heavy atom. The predicted octanol–water partition coefficient (Wildman–Crippen LogP) is 6.29. The number of ether oxygens (including phenoxy) is 2. The van der Waals surface area contributed by atoms with Gasteiger partial charge >= 0.3 is 0 Å². The number of halogens is 2. The van der Waals surface area contributed by atoms with Gasteiger partial charge in [-0.05, 0) is 44.9 Å². The van der Waals surface area contributed by atoms with E-state index in [0.717, 1.165) is 44.9 Å². The van der Waals surface area contributed by atoms with Gasteiger partial charge in [-0.15, -0.1) is 0 Å². The van der Waals surface area contributed by atoms with Crippen molar-refractivity contribution in [1.29, 1.82) is 0 Å². The molecule has 5 rings (SSSR count). The van der Waals surface area contributed by atoms with E-state index in [4.69, 9.17) is 36.0 Å². The number of hydrogen-bond donors (Lipinski definition) is 1. The standard InChI is InChI=1S/C32H36ClFN6O2/c1-20-21(8-6-9-22(20)25-17-36-27(16-35-3)30(38-25)41-4)23-10-7-11-24(29(23)33)26-18-37-28(31(39-26)42-5)19-40-14-12-32(2,34)13-15-40/h6-11,17-18,35H,12-16,19H2,1-5H3. The van der Waals surface area contributed by atoms with Crippen LogP contribution in [0, 0.1) is 6.92 Å². The number of rotatable bonds is 9. The molecular formula is C32H36ClFN6O2. The SMILES string of the molecule is CNCc1ncc(-c2cccc(-c3cccc(-c4cnc(CN5CCC(C)(F)CC5)c(OC)n4)c3Cl)c2C)nc1OC. The van der Waals surface area contributed by atoms with Crippen LogP contribution in [0.2, 0.25) is 5.02 Å². The Hall–Kier alpha value is -3.66. The Bertz CT molecular complexity index is 1570. The molecular weight excluding hydrogens is 555 g/mol. The molecule has 2 aromatic carbocycles. The average Bonchev–Trinajstić information content (AvgIpc) is 2.99. The van der Waals surface area contributed by atoms with Crippen LogP contribution in [0.25, 0.3) is 33.6 Å². The Morgan fingerprint density at radius 1 is 0.881 bits per heavy atom. The second kappa shape index (κ2) is 12.7. The van der Waals surface area contributed by atoms with Gasteiger partial charge in [0.2, 0.25) is 11.8 Å². The van der Waals surface area contributed by atoms with Gasteiger partial charge < -0.3 is 14.8 Å². The van der Waals surface area contributed by atoms with Crippen molar-refractivity contribution in [3.63, 3.8) is 0 Å². The van der Waals surface area contributed by atoms with E-state index in [1.807, 2.05) is 50.4 Å². The third-order valence-corrected chi connectivity index (χ3v) is 8.21. The van der Waals surface area contributed by atoms with Gasteiger partial charge in [0.05, 0.1) is 43.0 Å². The smallest absolute Gasteiger partial charge is 0.237 e. The van der Waals surface area contributed by atoms with Crippen LogP contribution in [0.3, 0.4) is 0 Å². The van der Waals surface area contributed by atoms with E-state index in [2.05, 4.69) is 15.2 Å². The van der Waals surface area contributed by atoms with Crippen molar-refractivity contribution in [2.24, 2.45) is 0 Å². The molecule has 1 fully saturated rings. The molecule has 1 aliphatic heterocycles. The summed E-state index contributed by atoms with van der Waals surface area (Å²) in [6.07, 6.45) is 4.50. The molecule has 2 aromatic heterocycles. The molecule has 0 radical (unpaired) electrons. The van der Waals surface area contributed by atoms with Gasteiger partial charge in [-0.25, -0.2) is 14.4 Å². The van der Waals surface area contributed by atoms with Crippen molar-refractivity contribution in [1.82, 2.24) is 30.2 Å². The van der Waals surface area contributed by atoms with Crippen LogP contribution in [-0.2, 0) is 13.1 Å². The number of nitrogens with zero attached hydrogens (tertiary/aromatic N) is 5. The quantitative estimate of drug-likeness (QED) is 0.243. The van der Waals surface area contributed by atoms with E-state index < -0.39 is 5.67 Å². The zero-order chi connectivity index (χ0) is 29.9. The summed E-state index contributed by atoms with van der Waals surface area (Å²) in [6.45, 7) is 6.17. The van der Waals surface area contributed by atoms with Crippen molar-refractivity contribution >= 4 is 11.6 Å². The minimum absolute atomic E-state index is 0.440. The molecule has 4 aromatic rings. The topological polar surface area (TPSA) is 85.3 Å². The maximum absolute atomic E-state index is 14.3. The van der Waals surface area contributed by atoms with Crippen LogP contribution < -0.4 is 14.8 Å². The normalized spacial score (nSPS) is 15.0. The molecule has 1 aliphatic rings. The maximum atomic E-state index is 14.3. The predicted molar refractivity (Wildman–Crippen MR) is 164 cm³/mol. The molecule has 0 amide bonds. The lowest BCUT2D eigenvalue weighted by molar-refractivity contribution is 0.0693. The zero-order valence-corrected chi connectivity index (χ0v) is 25.4. The molecule has 0 atom stereocenters. The maximum Gasteiger partial charge on any atom is 0.237 e. The first-order chi connectivity index (χ1) is 20.2. The van der Waals surface area contributed by atoms with Crippen LogP contribution in [0.1, 0.15) is 36.7 Å². The largest absolute Gasteiger partial charge is 0.480 e. The highest BCUT2D eigenvalue weighted by atomic mass is 35.5. The molecule has 3 heterocycles. The first-order valence-electron chi connectivity index (χ1n) is 14.0. The summed E-state index contributed by atoms with van der Waals surface area (Å²) in [6, 6.07) is 11.9. The summed E-state index contributed by atoms with van der Waals surface area (Å²) in [5, 5.41) is 3.65. The van der Waals surface area contributed by atoms with E-state index in [1.54, 1.807) is 33.5 Å². The number of aromatic nitrogens is 4. The van der Waals surface area contributed by atoms with Crippen molar-refractivity contribution in [2.75, 3.05) is 34.4 Å². The van der Waals surface area contributed by atoms with E-state index in [0.29, 0.717) is 61.5 Å². The highest BCUT2D eigenvalue weighted by Gasteiger charge is 2.30. The third kappa shape index (κ3) is 6.23. The molecule has 0 spiro atoms. The first-order valence-corrected chi connectivity index (χ1v) is 14.4. The Kier molecular flexibility index (Phi) is 9.01. The molecule has 8 nitrogen and oxygen atoms in total. The van der Waals surface area contributed by atoms with E-state index in [9.17, 15) is 4.39 Å². The summed E-state index contributed by atoms with van der Waals surface area (Å²) in [5.74, 6) is 0.929. The zero-order valence-electron chi connectivity index (χ0n) is 24.7. The summed E-state index contributed by atoms with van der Waals surface area (Å²) in [4.78, 5) is 21.0. The monoisotopic (exact) mass is 590 g/mol. The average molecular weight is 591 g/mol. The van der Waals surface area contributed by atoms with Crippen molar-refractivity contribution in [2.45, 2.75) is 45.4 Å². The molecule has 0 bridgehead atoms.